The van der Waals surface area contributed by atoms with Gasteiger partial charge in [0.15, 0.2) is 6.10 Å². The minimum Gasteiger partial charge on any atom is -0.441 e. The zero-order valence-electron chi connectivity index (χ0n) is 19.8. The fraction of sp³-hybridized carbons (Fsp3) is 0.960. The molecule has 4 saturated heterocycles. The van der Waals surface area contributed by atoms with Crippen molar-refractivity contribution in [3.8, 4) is 0 Å². The predicted octanol–water partition coefficient (Wildman–Crippen LogP) is 3.39. The molecule has 32 heavy (non-hydrogen) atoms. The zero-order valence-corrected chi connectivity index (χ0v) is 19.8. The molecule has 1 saturated carbocycles. The summed E-state index contributed by atoms with van der Waals surface area (Å²) in [4.78, 5) is 17.8. The van der Waals surface area contributed by atoms with Crippen molar-refractivity contribution in [3.05, 3.63) is 0 Å². The molecular formula is C25H42N2O5. The van der Waals surface area contributed by atoms with Crippen molar-refractivity contribution in [2.24, 2.45) is 17.3 Å². The average Bonchev–Trinajstić information content (AvgIpc) is 3.19. The molecule has 1 spiro atoms. The number of aliphatic hydroxyl groups excluding tert-OH is 1. The SMILES string of the molecule is COCOC[C@@]12CCCCCCCCCCN3CC[C@@H]4[C@H](CN5C(=O)O[C@H](CO)[C@@]45[C@@H]31)C2. The molecule has 1 N–H and O–H groups in total. The van der Waals surface area contributed by atoms with E-state index in [-0.39, 0.29) is 24.2 Å². The molecule has 4 aliphatic heterocycles. The largest absolute Gasteiger partial charge is 0.441 e. The topological polar surface area (TPSA) is 71.5 Å². The highest BCUT2D eigenvalue weighted by atomic mass is 16.7. The van der Waals surface area contributed by atoms with E-state index in [2.05, 4.69) is 9.80 Å². The summed E-state index contributed by atoms with van der Waals surface area (Å²) in [7, 11) is 1.68. The third kappa shape index (κ3) is 3.50. The lowest BCUT2D eigenvalue weighted by Crippen LogP contribution is -2.76. The van der Waals surface area contributed by atoms with Crippen LogP contribution in [0.3, 0.4) is 0 Å². The zero-order chi connectivity index (χ0) is 22.2. The van der Waals surface area contributed by atoms with Crippen molar-refractivity contribution in [1.29, 1.82) is 0 Å². The van der Waals surface area contributed by atoms with Crippen LogP contribution < -0.4 is 0 Å². The van der Waals surface area contributed by atoms with E-state index in [0.717, 1.165) is 38.9 Å². The van der Waals surface area contributed by atoms with Gasteiger partial charge in [0, 0.05) is 25.1 Å². The van der Waals surface area contributed by atoms with E-state index in [1.807, 2.05) is 0 Å². The Labute approximate surface area is 192 Å². The lowest BCUT2D eigenvalue weighted by atomic mass is 9.51. The van der Waals surface area contributed by atoms with Gasteiger partial charge in [0.05, 0.1) is 13.2 Å². The number of aliphatic hydroxyl groups is 1. The van der Waals surface area contributed by atoms with E-state index in [4.69, 9.17) is 14.2 Å². The van der Waals surface area contributed by atoms with E-state index in [0.29, 0.717) is 25.2 Å². The first-order chi connectivity index (χ1) is 15.7. The van der Waals surface area contributed by atoms with Crippen LogP contribution in [0, 0.1) is 17.3 Å². The van der Waals surface area contributed by atoms with Crippen LogP contribution in [-0.2, 0) is 14.2 Å². The maximum atomic E-state index is 13.0. The highest BCUT2D eigenvalue weighted by Crippen LogP contribution is 2.65. The third-order valence-corrected chi connectivity index (χ3v) is 9.43. The van der Waals surface area contributed by atoms with Crippen molar-refractivity contribution >= 4 is 6.09 Å². The van der Waals surface area contributed by atoms with E-state index < -0.39 is 11.6 Å². The highest BCUT2D eigenvalue weighted by Gasteiger charge is 2.76. The molecule has 0 radical (unpaired) electrons. The Morgan fingerprint density at radius 3 is 2.59 bits per heavy atom. The Balaban J connectivity index is 1.57. The third-order valence-electron chi connectivity index (χ3n) is 9.43. The summed E-state index contributed by atoms with van der Waals surface area (Å²) in [6, 6.07) is 0.175. The maximum Gasteiger partial charge on any atom is 0.410 e. The van der Waals surface area contributed by atoms with Crippen LogP contribution in [0.1, 0.15) is 70.6 Å². The monoisotopic (exact) mass is 450 g/mol. The van der Waals surface area contributed by atoms with E-state index in [9.17, 15) is 9.90 Å². The summed E-state index contributed by atoms with van der Waals surface area (Å²) in [6.07, 6.45) is 12.9. The van der Waals surface area contributed by atoms with Crippen LogP contribution in [0.2, 0.25) is 0 Å². The van der Waals surface area contributed by atoms with Gasteiger partial charge in [-0.25, -0.2) is 4.79 Å². The van der Waals surface area contributed by atoms with Crippen molar-refractivity contribution in [2.45, 2.75) is 88.3 Å². The molecule has 0 aromatic carbocycles. The van der Waals surface area contributed by atoms with Gasteiger partial charge in [-0.15, -0.1) is 0 Å². The Kier molecular flexibility index (Phi) is 6.72. The maximum absolute atomic E-state index is 13.0. The molecule has 5 aliphatic rings. The molecule has 5 rings (SSSR count). The minimum absolute atomic E-state index is 0.0374. The van der Waals surface area contributed by atoms with Gasteiger partial charge in [0.1, 0.15) is 12.3 Å². The standard InChI is InChI=1S/C25H42N2O5/c1-30-18-31-17-24-11-8-6-4-2-3-5-7-9-12-26-13-10-20-19(14-24)15-27-23(29)32-21(16-28)25(20,27)22(24)26/h19-22,28H,2-18H2,1H3/t19-,20+,21+,22-,24-,25+/m0/s1. The Morgan fingerprint density at radius 1 is 1.09 bits per heavy atom. The fourth-order valence-corrected chi connectivity index (χ4v) is 8.51. The molecule has 1 aliphatic carbocycles. The van der Waals surface area contributed by atoms with Gasteiger partial charge >= 0.3 is 6.09 Å². The van der Waals surface area contributed by atoms with Gasteiger partial charge in [-0.05, 0) is 50.6 Å². The van der Waals surface area contributed by atoms with Crippen LogP contribution in [0.5, 0.6) is 0 Å². The van der Waals surface area contributed by atoms with E-state index in [1.54, 1.807) is 7.11 Å². The molecule has 7 heteroatoms. The van der Waals surface area contributed by atoms with Crippen molar-refractivity contribution in [1.82, 2.24) is 9.80 Å². The minimum atomic E-state index is -0.435. The second-order valence-corrected chi connectivity index (χ2v) is 11.0. The summed E-state index contributed by atoms with van der Waals surface area (Å²) < 4.78 is 17.3. The number of carbonyl (C=O) groups is 1. The first kappa shape index (κ1) is 22.9. The molecule has 5 fully saturated rings. The summed E-state index contributed by atoms with van der Waals surface area (Å²) in [6.45, 7) is 3.79. The number of carbonyl (C=O) groups excluding carboxylic acids is 1. The lowest BCUT2D eigenvalue weighted by molar-refractivity contribution is -0.177. The molecule has 7 nitrogen and oxygen atoms in total. The van der Waals surface area contributed by atoms with Gasteiger partial charge < -0.3 is 19.3 Å². The number of cyclic esters (lactones) is 1. The number of methoxy groups -OCH3 is 1. The Bertz CT molecular complexity index is 677. The second kappa shape index (κ2) is 9.40. The number of rotatable bonds is 5. The Hall–Kier alpha value is -0.890. The summed E-state index contributed by atoms with van der Waals surface area (Å²) in [5, 5.41) is 10.4. The first-order valence-corrected chi connectivity index (χ1v) is 13.1. The molecule has 0 aromatic heterocycles. The van der Waals surface area contributed by atoms with Crippen molar-refractivity contribution < 1.29 is 24.1 Å². The molecule has 0 unspecified atom stereocenters. The highest BCUT2D eigenvalue weighted by molar-refractivity contribution is 5.73. The van der Waals surface area contributed by atoms with Gasteiger partial charge in [-0.2, -0.15) is 0 Å². The van der Waals surface area contributed by atoms with Crippen LogP contribution in [-0.4, -0.2) is 85.4 Å². The smallest absolute Gasteiger partial charge is 0.410 e. The molecule has 1 amide bonds. The molecule has 182 valence electrons. The second-order valence-electron chi connectivity index (χ2n) is 11.0. The van der Waals surface area contributed by atoms with E-state index >= 15 is 0 Å². The summed E-state index contributed by atoms with van der Waals surface area (Å²) in [5.74, 6) is 0.885. The molecule has 4 bridgehead atoms. The predicted molar refractivity (Wildman–Crippen MR) is 120 cm³/mol. The molecule has 0 aromatic rings. The first-order valence-electron chi connectivity index (χ1n) is 13.1. The van der Waals surface area contributed by atoms with Gasteiger partial charge in [-0.1, -0.05) is 44.9 Å². The number of hydrogen-bond donors (Lipinski definition) is 1. The fourth-order valence-electron chi connectivity index (χ4n) is 8.51. The van der Waals surface area contributed by atoms with Crippen LogP contribution in [0.4, 0.5) is 4.79 Å². The number of amides is 1. The quantitative estimate of drug-likeness (QED) is 0.511. The van der Waals surface area contributed by atoms with Crippen LogP contribution in [0.15, 0.2) is 0 Å². The number of piperidine rings is 1. The molecule has 6 atom stereocenters. The van der Waals surface area contributed by atoms with Gasteiger partial charge in [0.25, 0.3) is 0 Å². The molecular weight excluding hydrogens is 408 g/mol. The van der Waals surface area contributed by atoms with Gasteiger partial charge in [0.2, 0.25) is 0 Å². The van der Waals surface area contributed by atoms with Crippen LogP contribution >= 0.6 is 0 Å². The van der Waals surface area contributed by atoms with Crippen LogP contribution in [0.25, 0.3) is 0 Å². The number of ether oxygens (including phenoxy) is 3. The molecule has 4 heterocycles. The van der Waals surface area contributed by atoms with Gasteiger partial charge in [-0.3, -0.25) is 9.80 Å². The number of nitrogens with zero attached hydrogens (tertiary/aromatic N) is 2. The summed E-state index contributed by atoms with van der Waals surface area (Å²) in [5.41, 5.74) is -0.450. The van der Waals surface area contributed by atoms with Crippen molar-refractivity contribution in [2.75, 3.05) is 46.8 Å². The normalized spacial score (nSPS) is 42.6. The number of hydrogen-bond acceptors (Lipinski definition) is 6. The average molecular weight is 451 g/mol. The Morgan fingerprint density at radius 2 is 1.84 bits per heavy atom. The van der Waals surface area contributed by atoms with Crippen molar-refractivity contribution in [3.63, 3.8) is 0 Å². The lowest BCUT2D eigenvalue weighted by Gasteiger charge is -2.63. The van der Waals surface area contributed by atoms with E-state index in [1.165, 1.54) is 51.4 Å². The summed E-state index contributed by atoms with van der Waals surface area (Å²) >= 11 is 0.